The van der Waals surface area contributed by atoms with Gasteiger partial charge in [0.1, 0.15) is 5.75 Å². The van der Waals surface area contributed by atoms with E-state index in [2.05, 4.69) is 46.2 Å². The second-order valence-corrected chi connectivity index (χ2v) is 6.02. The van der Waals surface area contributed by atoms with E-state index in [0.717, 1.165) is 36.2 Å². The Kier molecular flexibility index (Phi) is 7.44. The highest BCUT2D eigenvalue weighted by Gasteiger charge is 2.03. The van der Waals surface area contributed by atoms with Crippen molar-refractivity contribution in [1.29, 1.82) is 0 Å². The lowest BCUT2D eigenvalue weighted by Crippen LogP contribution is -2.33. The minimum Gasteiger partial charge on any atom is -0.496 e. The summed E-state index contributed by atoms with van der Waals surface area (Å²) in [5, 5.41) is 3.13. The maximum Gasteiger partial charge on any atom is 0.188 e. The van der Waals surface area contributed by atoms with Crippen LogP contribution in [0.4, 0.5) is 0 Å². The zero-order valence-corrected chi connectivity index (χ0v) is 14.0. The maximum atomic E-state index is 5.79. The second-order valence-electron chi connectivity index (χ2n) is 5.11. The molecule has 0 saturated heterocycles. The Hall–Kier alpha value is -1.23. The van der Waals surface area contributed by atoms with Crippen LogP contribution in [0.25, 0.3) is 0 Å². The van der Waals surface area contributed by atoms with E-state index in [4.69, 9.17) is 10.5 Å². The Bertz CT molecular complexity index is 447. The number of rotatable bonds is 7. The van der Waals surface area contributed by atoms with Gasteiger partial charge in [-0.1, -0.05) is 35.8 Å². The zero-order valence-electron chi connectivity index (χ0n) is 12.4. The number of hydrogen-bond donors (Lipinski definition) is 2. The van der Waals surface area contributed by atoms with E-state index in [1.165, 1.54) is 5.56 Å². The van der Waals surface area contributed by atoms with Gasteiger partial charge in [-0.15, -0.1) is 0 Å². The molecule has 0 radical (unpaired) electrons. The Balaban J connectivity index is 2.36. The summed E-state index contributed by atoms with van der Waals surface area (Å²) in [6.45, 7) is 5.82. The lowest BCUT2D eigenvalue weighted by Gasteiger charge is -2.10. The SMILES string of the molecule is COc1cc(Br)ccc1CCCNC(N)=NCC(C)C. The molecule has 0 aliphatic heterocycles. The van der Waals surface area contributed by atoms with Gasteiger partial charge < -0.3 is 15.8 Å². The van der Waals surface area contributed by atoms with Crippen molar-refractivity contribution in [2.75, 3.05) is 20.2 Å². The molecule has 0 unspecified atom stereocenters. The van der Waals surface area contributed by atoms with Crippen molar-refractivity contribution in [3.63, 3.8) is 0 Å². The summed E-state index contributed by atoms with van der Waals surface area (Å²) in [4.78, 5) is 4.27. The summed E-state index contributed by atoms with van der Waals surface area (Å²) in [5.74, 6) is 1.98. The van der Waals surface area contributed by atoms with Gasteiger partial charge in [0, 0.05) is 17.6 Å². The molecule has 3 N–H and O–H groups in total. The lowest BCUT2D eigenvalue weighted by atomic mass is 10.1. The highest BCUT2D eigenvalue weighted by molar-refractivity contribution is 9.10. The standard InChI is InChI=1S/C15H24BrN3O/c1-11(2)10-19-15(17)18-8-4-5-12-6-7-13(16)9-14(12)20-3/h6-7,9,11H,4-5,8,10H2,1-3H3,(H3,17,18,19). The van der Waals surface area contributed by atoms with Gasteiger partial charge >= 0.3 is 0 Å². The van der Waals surface area contributed by atoms with Gasteiger partial charge in [0.05, 0.1) is 7.11 Å². The van der Waals surface area contributed by atoms with Crippen LogP contribution in [0.1, 0.15) is 25.8 Å². The fourth-order valence-electron chi connectivity index (χ4n) is 1.76. The van der Waals surface area contributed by atoms with E-state index in [1.807, 2.05) is 12.1 Å². The number of ether oxygens (including phenoxy) is 1. The summed E-state index contributed by atoms with van der Waals surface area (Å²) in [5.41, 5.74) is 6.99. The van der Waals surface area contributed by atoms with E-state index in [9.17, 15) is 0 Å². The van der Waals surface area contributed by atoms with Crippen LogP contribution in [0.3, 0.4) is 0 Å². The molecule has 0 aliphatic rings. The van der Waals surface area contributed by atoms with Gasteiger partial charge in [-0.05, 0) is 36.5 Å². The monoisotopic (exact) mass is 341 g/mol. The normalized spacial score (nSPS) is 11.8. The van der Waals surface area contributed by atoms with Crippen molar-refractivity contribution >= 4 is 21.9 Å². The van der Waals surface area contributed by atoms with E-state index in [1.54, 1.807) is 7.11 Å². The molecule has 0 heterocycles. The van der Waals surface area contributed by atoms with Crippen molar-refractivity contribution < 1.29 is 4.74 Å². The van der Waals surface area contributed by atoms with Gasteiger partial charge in [-0.25, -0.2) is 0 Å². The average Bonchev–Trinajstić information content (AvgIpc) is 2.42. The van der Waals surface area contributed by atoms with Gasteiger partial charge in [-0.3, -0.25) is 4.99 Å². The molecule has 20 heavy (non-hydrogen) atoms. The number of halogens is 1. The molecule has 1 rings (SSSR count). The second kappa shape index (κ2) is 8.84. The Labute approximate surface area is 129 Å². The van der Waals surface area contributed by atoms with Gasteiger partial charge in [0.15, 0.2) is 5.96 Å². The molecule has 0 spiro atoms. The Morgan fingerprint density at radius 3 is 2.85 bits per heavy atom. The van der Waals surface area contributed by atoms with Crippen LogP contribution < -0.4 is 15.8 Å². The fraction of sp³-hybridized carbons (Fsp3) is 0.533. The van der Waals surface area contributed by atoms with Crippen molar-refractivity contribution in [2.45, 2.75) is 26.7 Å². The largest absolute Gasteiger partial charge is 0.496 e. The topological polar surface area (TPSA) is 59.6 Å². The van der Waals surface area contributed by atoms with Crippen LogP contribution in [0.5, 0.6) is 5.75 Å². The van der Waals surface area contributed by atoms with Crippen molar-refractivity contribution in [3.8, 4) is 5.75 Å². The predicted octanol–water partition coefficient (Wildman–Crippen LogP) is 2.95. The van der Waals surface area contributed by atoms with Crippen LogP contribution in [-0.2, 0) is 6.42 Å². The number of nitrogens with one attached hydrogen (secondary N) is 1. The van der Waals surface area contributed by atoms with E-state index in [0.29, 0.717) is 11.9 Å². The highest BCUT2D eigenvalue weighted by atomic mass is 79.9. The molecule has 0 bridgehead atoms. The van der Waals surface area contributed by atoms with Crippen molar-refractivity contribution in [3.05, 3.63) is 28.2 Å². The summed E-state index contributed by atoms with van der Waals surface area (Å²) in [6, 6.07) is 6.10. The molecule has 0 aromatic heterocycles. The molecule has 112 valence electrons. The summed E-state index contributed by atoms with van der Waals surface area (Å²) in [7, 11) is 1.69. The van der Waals surface area contributed by atoms with Crippen LogP contribution in [0.15, 0.2) is 27.7 Å². The molecular formula is C15H24BrN3O. The molecule has 4 nitrogen and oxygen atoms in total. The molecule has 0 fully saturated rings. The molecule has 0 atom stereocenters. The Morgan fingerprint density at radius 1 is 1.45 bits per heavy atom. The number of aliphatic imine (C=N–C) groups is 1. The fourth-order valence-corrected chi connectivity index (χ4v) is 2.10. The van der Waals surface area contributed by atoms with Gasteiger partial charge in [0.25, 0.3) is 0 Å². The highest BCUT2D eigenvalue weighted by Crippen LogP contribution is 2.24. The minimum absolute atomic E-state index is 0.529. The summed E-state index contributed by atoms with van der Waals surface area (Å²) in [6.07, 6.45) is 1.93. The van der Waals surface area contributed by atoms with Crippen molar-refractivity contribution in [2.24, 2.45) is 16.6 Å². The predicted molar refractivity (Wildman–Crippen MR) is 88.3 cm³/mol. The first-order chi connectivity index (χ1) is 9.52. The Morgan fingerprint density at radius 2 is 2.20 bits per heavy atom. The summed E-state index contributed by atoms with van der Waals surface area (Å²) >= 11 is 3.44. The lowest BCUT2D eigenvalue weighted by molar-refractivity contribution is 0.409. The van der Waals surface area contributed by atoms with E-state index >= 15 is 0 Å². The first kappa shape index (κ1) is 16.8. The number of hydrogen-bond acceptors (Lipinski definition) is 2. The molecular weight excluding hydrogens is 318 g/mol. The van der Waals surface area contributed by atoms with Gasteiger partial charge in [-0.2, -0.15) is 0 Å². The first-order valence-corrected chi connectivity index (χ1v) is 7.68. The molecule has 1 aromatic rings. The molecule has 1 aromatic carbocycles. The van der Waals surface area contributed by atoms with Crippen molar-refractivity contribution in [1.82, 2.24) is 5.32 Å². The number of nitrogens with zero attached hydrogens (tertiary/aromatic N) is 1. The maximum absolute atomic E-state index is 5.79. The minimum atomic E-state index is 0.529. The summed E-state index contributed by atoms with van der Waals surface area (Å²) < 4.78 is 6.40. The first-order valence-electron chi connectivity index (χ1n) is 6.89. The number of aryl methyl sites for hydroxylation is 1. The third kappa shape index (κ3) is 6.28. The number of methoxy groups -OCH3 is 1. The third-order valence-electron chi connectivity index (χ3n) is 2.80. The quantitative estimate of drug-likeness (QED) is 0.455. The number of nitrogens with two attached hydrogens (primary N) is 1. The smallest absolute Gasteiger partial charge is 0.188 e. The molecule has 5 heteroatoms. The van der Waals surface area contributed by atoms with Crippen LogP contribution in [0.2, 0.25) is 0 Å². The molecule has 0 aliphatic carbocycles. The van der Waals surface area contributed by atoms with Crippen LogP contribution >= 0.6 is 15.9 Å². The van der Waals surface area contributed by atoms with Crippen LogP contribution in [-0.4, -0.2) is 26.2 Å². The number of guanidine groups is 1. The van der Waals surface area contributed by atoms with Gasteiger partial charge in [0.2, 0.25) is 0 Å². The van der Waals surface area contributed by atoms with E-state index < -0.39 is 0 Å². The molecule has 0 amide bonds. The number of benzene rings is 1. The third-order valence-corrected chi connectivity index (χ3v) is 3.30. The van der Waals surface area contributed by atoms with E-state index in [-0.39, 0.29) is 0 Å². The van der Waals surface area contributed by atoms with Crippen LogP contribution in [0, 0.1) is 5.92 Å². The average molecular weight is 342 g/mol. The molecule has 0 saturated carbocycles. The zero-order chi connectivity index (χ0) is 15.0.